The Balaban J connectivity index is 2.22. The fourth-order valence-electron chi connectivity index (χ4n) is 1.67. The van der Waals surface area contributed by atoms with Crippen molar-refractivity contribution in [1.29, 1.82) is 0 Å². The summed E-state index contributed by atoms with van der Waals surface area (Å²) < 4.78 is 4.94. The van der Waals surface area contributed by atoms with E-state index in [-0.39, 0.29) is 6.61 Å². The van der Waals surface area contributed by atoms with Crippen LogP contribution < -0.4 is 10.6 Å². The molecule has 0 aliphatic carbocycles. The second-order valence-corrected chi connectivity index (χ2v) is 3.89. The minimum Gasteiger partial charge on any atom is -0.456 e. The number of carbonyl (C=O) groups excluding carboxylic acids is 3. The van der Waals surface area contributed by atoms with Crippen molar-refractivity contribution in [1.82, 2.24) is 0 Å². The van der Waals surface area contributed by atoms with Crippen LogP contribution in [0.4, 0.5) is 5.69 Å². The Morgan fingerprint density at radius 3 is 2.53 bits per heavy atom. The smallest absolute Gasteiger partial charge is 0.338 e. The van der Waals surface area contributed by atoms with E-state index in [9.17, 15) is 14.4 Å². The monoisotopic (exact) mass is 261 g/mol. The van der Waals surface area contributed by atoms with Gasteiger partial charge in [-0.3, -0.25) is 9.59 Å². The van der Waals surface area contributed by atoms with Gasteiger partial charge in [0.05, 0.1) is 11.3 Å². The topological polar surface area (TPSA) is 91.3 Å². The first-order chi connectivity index (χ1) is 9.13. The maximum Gasteiger partial charge on any atom is 0.338 e. The molecule has 1 heterocycles. The number of quaternary nitrogens is 1. The molecule has 0 fully saturated rings. The number of hydrogen-bond donors (Lipinski definition) is 1. The fourth-order valence-corrected chi connectivity index (χ4v) is 1.67. The van der Waals surface area contributed by atoms with Gasteiger partial charge in [0.25, 0.3) is 11.8 Å². The zero-order chi connectivity index (χ0) is 13.8. The summed E-state index contributed by atoms with van der Waals surface area (Å²) in [6.45, 7) is 0.713. The minimum absolute atomic E-state index is 0.228. The Bertz CT molecular complexity index is 548. The van der Waals surface area contributed by atoms with Crippen molar-refractivity contribution in [2.45, 2.75) is 0 Å². The normalized spacial score (nSPS) is 14.1. The Hall–Kier alpha value is -2.47. The third kappa shape index (κ3) is 2.69. The summed E-state index contributed by atoms with van der Waals surface area (Å²) >= 11 is 0. The first kappa shape index (κ1) is 13.0. The van der Waals surface area contributed by atoms with Gasteiger partial charge in [0.2, 0.25) is 0 Å². The maximum absolute atomic E-state index is 11.7. The van der Waals surface area contributed by atoms with Crippen LogP contribution in [0.25, 0.3) is 0 Å². The molecule has 0 atom stereocenters. The van der Waals surface area contributed by atoms with Crippen molar-refractivity contribution in [2.75, 3.05) is 18.1 Å². The van der Waals surface area contributed by atoms with E-state index in [0.29, 0.717) is 17.8 Å². The lowest BCUT2D eigenvalue weighted by Gasteiger charge is -2.14. The molecular weight excluding hydrogens is 248 g/mol. The summed E-state index contributed by atoms with van der Waals surface area (Å²) in [4.78, 5) is 35.7. The molecule has 0 saturated carbocycles. The van der Waals surface area contributed by atoms with E-state index in [4.69, 9.17) is 4.74 Å². The lowest BCUT2D eigenvalue weighted by molar-refractivity contribution is -0.371. The zero-order valence-corrected chi connectivity index (χ0v) is 10.2. The van der Waals surface area contributed by atoms with Gasteiger partial charge in [-0.1, -0.05) is 6.07 Å². The lowest BCUT2D eigenvalue weighted by atomic mass is 10.2. The molecular formula is C13H13N2O4+. The first-order valence-corrected chi connectivity index (χ1v) is 5.76. The molecule has 2 amide bonds. The highest BCUT2D eigenvalue weighted by molar-refractivity contribution is 6.28. The van der Waals surface area contributed by atoms with Gasteiger partial charge in [0.15, 0.2) is 0 Å². The van der Waals surface area contributed by atoms with Crippen LogP contribution >= 0.6 is 0 Å². The lowest BCUT2D eigenvalue weighted by Crippen LogP contribution is -2.52. The van der Waals surface area contributed by atoms with Crippen molar-refractivity contribution >= 4 is 23.5 Å². The van der Waals surface area contributed by atoms with Gasteiger partial charge < -0.3 is 10.5 Å². The highest BCUT2D eigenvalue weighted by Crippen LogP contribution is 2.20. The fraction of sp³-hybridized carbons (Fsp3) is 0.154. The van der Waals surface area contributed by atoms with Gasteiger partial charge in [-0.2, -0.15) is 0 Å². The van der Waals surface area contributed by atoms with Crippen molar-refractivity contribution in [2.24, 2.45) is 0 Å². The number of anilines is 1. The molecule has 0 unspecified atom stereocenters. The van der Waals surface area contributed by atoms with E-state index in [0.717, 1.165) is 4.90 Å². The van der Waals surface area contributed by atoms with Gasteiger partial charge in [0.1, 0.15) is 13.2 Å². The van der Waals surface area contributed by atoms with E-state index in [1.165, 1.54) is 18.2 Å². The number of nitrogens with zero attached hydrogens (tertiary/aromatic N) is 1. The van der Waals surface area contributed by atoms with Gasteiger partial charge in [-0.25, -0.2) is 9.69 Å². The number of benzene rings is 1. The molecule has 1 aromatic carbocycles. The second-order valence-electron chi connectivity index (χ2n) is 3.89. The summed E-state index contributed by atoms with van der Waals surface area (Å²) in [5.41, 5.74) is 4.21. The molecule has 1 aliphatic heterocycles. The molecule has 6 heteroatoms. The zero-order valence-electron chi connectivity index (χ0n) is 10.2. The molecule has 0 aromatic heterocycles. The highest BCUT2D eigenvalue weighted by atomic mass is 16.5. The van der Waals surface area contributed by atoms with Crippen molar-refractivity contribution in [3.05, 3.63) is 42.0 Å². The summed E-state index contributed by atoms with van der Waals surface area (Å²) in [6, 6.07) is 6.19. The molecule has 1 aliphatic rings. The molecule has 3 N–H and O–H groups in total. The van der Waals surface area contributed by atoms with Crippen LogP contribution in [0.2, 0.25) is 0 Å². The van der Waals surface area contributed by atoms with Crippen molar-refractivity contribution in [3.63, 3.8) is 0 Å². The molecule has 0 radical (unpaired) electrons. The standard InChI is InChI=1S/C13H12N2O4/c14-6-7-19-13(18)9-2-1-3-10(8-9)15-11(16)4-5-12(15)17/h1-5,8H,6-7,14H2/p+1. The predicted molar refractivity (Wildman–Crippen MR) is 66.1 cm³/mol. The molecule has 0 saturated heterocycles. The van der Waals surface area contributed by atoms with Crippen LogP contribution in [0, 0.1) is 0 Å². The number of esters is 1. The predicted octanol–water partition coefficient (Wildman–Crippen LogP) is -0.485. The van der Waals surface area contributed by atoms with E-state index < -0.39 is 17.8 Å². The van der Waals surface area contributed by atoms with Gasteiger partial charge in [0, 0.05) is 12.2 Å². The number of ether oxygens (including phenoxy) is 1. The Labute approximate surface area is 109 Å². The van der Waals surface area contributed by atoms with Crippen molar-refractivity contribution < 1.29 is 24.9 Å². The summed E-state index contributed by atoms with van der Waals surface area (Å²) in [5, 5.41) is 0. The van der Waals surface area contributed by atoms with Crippen LogP contribution in [0.3, 0.4) is 0 Å². The van der Waals surface area contributed by atoms with Crippen LogP contribution in [-0.2, 0) is 14.3 Å². The number of rotatable bonds is 4. The highest BCUT2D eigenvalue weighted by Gasteiger charge is 2.25. The van der Waals surface area contributed by atoms with Gasteiger partial charge in [-0.15, -0.1) is 0 Å². The number of carbonyl (C=O) groups is 3. The SMILES string of the molecule is [NH3+]CCOC(=O)c1cccc(N2C(=O)C=CC2=O)c1. The van der Waals surface area contributed by atoms with E-state index in [1.54, 1.807) is 18.2 Å². The van der Waals surface area contributed by atoms with E-state index >= 15 is 0 Å². The molecule has 2 rings (SSSR count). The van der Waals surface area contributed by atoms with Crippen LogP contribution in [-0.4, -0.2) is 30.9 Å². The first-order valence-electron chi connectivity index (χ1n) is 5.76. The van der Waals surface area contributed by atoms with Gasteiger partial charge >= 0.3 is 5.97 Å². The third-order valence-electron chi connectivity index (χ3n) is 2.53. The second kappa shape index (κ2) is 5.45. The van der Waals surface area contributed by atoms with Crippen molar-refractivity contribution in [3.8, 4) is 0 Å². The molecule has 0 spiro atoms. The van der Waals surface area contributed by atoms with Gasteiger partial charge in [-0.05, 0) is 18.2 Å². The summed E-state index contributed by atoms with van der Waals surface area (Å²) in [6.07, 6.45) is 2.38. The number of imide groups is 1. The van der Waals surface area contributed by atoms with Crippen LogP contribution in [0.1, 0.15) is 10.4 Å². The minimum atomic E-state index is -0.502. The Morgan fingerprint density at radius 2 is 1.89 bits per heavy atom. The molecule has 6 nitrogen and oxygen atoms in total. The summed E-state index contributed by atoms with van der Waals surface area (Å²) in [7, 11) is 0. The average molecular weight is 261 g/mol. The molecule has 1 aromatic rings. The van der Waals surface area contributed by atoms with E-state index in [2.05, 4.69) is 5.73 Å². The largest absolute Gasteiger partial charge is 0.456 e. The quantitative estimate of drug-likeness (QED) is 0.585. The summed E-state index contributed by atoms with van der Waals surface area (Å²) in [5.74, 6) is -1.35. The van der Waals surface area contributed by atoms with Crippen LogP contribution in [0.15, 0.2) is 36.4 Å². The maximum atomic E-state index is 11.7. The molecule has 19 heavy (non-hydrogen) atoms. The third-order valence-corrected chi connectivity index (χ3v) is 2.53. The molecule has 98 valence electrons. The Morgan fingerprint density at radius 1 is 1.21 bits per heavy atom. The Kier molecular flexibility index (Phi) is 3.72. The average Bonchev–Trinajstić information content (AvgIpc) is 2.75. The number of amides is 2. The molecule has 0 bridgehead atoms. The van der Waals surface area contributed by atoms with Crippen LogP contribution in [0.5, 0.6) is 0 Å². The van der Waals surface area contributed by atoms with E-state index in [1.807, 2.05) is 0 Å². The number of hydrogen-bond acceptors (Lipinski definition) is 4.